The number of amides is 2. The number of carbonyl (C=O) groups excluding carboxylic acids is 2. The Balaban J connectivity index is 1.81. The highest BCUT2D eigenvalue weighted by atomic mass is 35.5. The van der Waals surface area contributed by atoms with E-state index in [-0.39, 0.29) is 33.3 Å². The number of likely N-dealkylation sites (tertiary alicyclic amines) is 1. The summed E-state index contributed by atoms with van der Waals surface area (Å²) < 4.78 is 28.2. The second-order valence-electron chi connectivity index (χ2n) is 7.63. The highest BCUT2D eigenvalue weighted by Gasteiger charge is 2.27. The molecule has 0 saturated carbocycles. The summed E-state index contributed by atoms with van der Waals surface area (Å²) in [6.07, 6.45) is 1.91. The largest absolute Gasteiger partial charge is 0.352 e. The van der Waals surface area contributed by atoms with Gasteiger partial charge in [0.15, 0.2) is 0 Å². The van der Waals surface area contributed by atoms with Crippen molar-refractivity contribution in [3.8, 4) is 0 Å². The van der Waals surface area contributed by atoms with E-state index in [1.807, 2.05) is 13.0 Å². The Kier molecular flexibility index (Phi) is 7.23. The first-order chi connectivity index (χ1) is 14.7. The van der Waals surface area contributed by atoms with Crippen molar-refractivity contribution in [2.75, 3.05) is 17.8 Å². The molecule has 7 nitrogen and oxygen atoms in total. The van der Waals surface area contributed by atoms with Crippen LogP contribution in [0.2, 0.25) is 5.02 Å². The highest BCUT2D eigenvalue weighted by Crippen LogP contribution is 2.25. The molecule has 1 fully saturated rings. The number of carbonyl (C=O) groups is 2. The number of benzene rings is 2. The Morgan fingerprint density at radius 2 is 1.97 bits per heavy atom. The maximum absolute atomic E-state index is 13.1. The first kappa shape index (κ1) is 23.1. The number of nitrogens with one attached hydrogen (secondary N) is 2. The molecule has 31 heavy (non-hydrogen) atoms. The zero-order valence-electron chi connectivity index (χ0n) is 17.5. The minimum absolute atomic E-state index is 0.0467. The molecule has 0 aliphatic carbocycles. The Labute approximate surface area is 187 Å². The highest BCUT2D eigenvalue weighted by molar-refractivity contribution is 7.92. The van der Waals surface area contributed by atoms with Crippen molar-refractivity contribution in [1.82, 2.24) is 10.2 Å². The Morgan fingerprint density at radius 1 is 1.19 bits per heavy atom. The van der Waals surface area contributed by atoms with Gasteiger partial charge in [0.1, 0.15) is 0 Å². The van der Waals surface area contributed by atoms with E-state index >= 15 is 0 Å². The number of hydrogen-bond donors (Lipinski definition) is 2. The normalized spacial score (nSPS) is 16.6. The van der Waals surface area contributed by atoms with Crippen molar-refractivity contribution < 1.29 is 18.0 Å². The van der Waals surface area contributed by atoms with Crippen molar-refractivity contribution in [3.63, 3.8) is 0 Å². The van der Waals surface area contributed by atoms with E-state index in [1.165, 1.54) is 18.2 Å². The maximum Gasteiger partial charge on any atom is 0.261 e. The van der Waals surface area contributed by atoms with Crippen LogP contribution < -0.4 is 10.0 Å². The van der Waals surface area contributed by atoms with Gasteiger partial charge in [0.25, 0.3) is 15.9 Å². The minimum Gasteiger partial charge on any atom is -0.352 e. The van der Waals surface area contributed by atoms with Crippen LogP contribution in [0.3, 0.4) is 0 Å². The minimum atomic E-state index is -3.90. The van der Waals surface area contributed by atoms with E-state index in [4.69, 9.17) is 11.6 Å². The molecule has 1 unspecified atom stereocenters. The van der Waals surface area contributed by atoms with Crippen molar-refractivity contribution in [1.29, 1.82) is 0 Å². The Hall–Kier alpha value is -2.58. The molecule has 2 aromatic rings. The molecule has 2 aromatic carbocycles. The first-order valence-corrected chi connectivity index (χ1v) is 12.0. The summed E-state index contributed by atoms with van der Waals surface area (Å²) in [5.74, 6) is -0.416. The van der Waals surface area contributed by atoms with Crippen LogP contribution in [0.1, 0.15) is 42.1 Å². The SMILES string of the molecule is CCC(=O)NC1CCCN(C(=O)c2cc(S(=O)(=O)Nc3cccc(C)c3)ccc2Cl)C1. The van der Waals surface area contributed by atoms with Gasteiger partial charge in [-0.2, -0.15) is 0 Å². The summed E-state index contributed by atoms with van der Waals surface area (Å²) in [6.45, 7) is 4.52. The third-order valence-corrected chi connectivity index (χ3v) is 6.85. The van der Waals surface area contributed by atoms with Crippen molar-refractivity contribution in [3.05, 3.63) is 58.6 Å². The number of sulfonamides is 1. The van der Waals surface area contributed by atoms with Crippen LogP contribution in [0.25, 0.3) is 0 Å². The second kappa shape index (κ2) is 9.70. The first-order valence-electron chi connectivity index (χ1n) is 10.2. The summed E-state index contributed by atoms with van der Waals surface area (Å²) in [7, 11) is -3.90. The van der Waals surface area contributed by atoms with Crippen LogP contribution in [0.15, 0.2) is 47.4 Å². The van der Waals surface area contributed by atoms with Crippen LogP contribution in [-0.2, 0) is 14.8 Å². The molecule has 2 N–H and O–H groups in total. The monoisotopic (exact) mass is 463 g/mol. The number of aryl methyl sites for hydroxylation is 1. The molecule has 9 heteroatoms. The van der Waals surface area contributed by atoms with E-state index in [1.54, 1.807) is 30.0 Å². The Morgan fingerprint density at radius 3 is 2.68 bits per heavy atom. The molecular formula is C22H26ClN3O4S. The number of rotatable bonds is 6. The topological polar surface area (TPSA) is 95.6 Å². The van der Waals surface area contributed by atoms with Crippen LogP contribution in [0.4, 0.5) is 5.69 Å². The second-order valence-corrected chi connectivity index (χ2v) is 9.72. The van der Waals surface area contributed by atoms with E-state index < -0.39 is 10.0 Å². The van der Waals surface area contributed by atoms with E-state index in [9.17, 15) is 18.0 Å². The van der Waals surface area contributed by atoms with Crippen LogP contribution in [-0.4, -0.2) is 44.3 Å². The molecule has 3 rings (SSSR count). The number of nitrogens with zero attached hydrogens (tertiary/aromatic N) is 1. The van der Waals surface area contributed by atoms with Gasteiger partial charge in [-0.15, -0.1) is 0 Å². The van der Waals surface area contributed by atoms with Crippen LogP contribution in [0, 0.1) is 6.92 Å². The predicted octanol–water partition coefficient (Wildman–Crippen LogP) is 3.58. The third kappa shape index (κ3) is 5.77. The summed E-state index contributed by atoms with van der Waals surface area (Å²) in [5.41, 5.74) is 1.48. The quantitative estimate of drug-likeness (QED) is 0.684. The summed E-state index contributed by atoms with van der Waals surface area (Å²) >= 11 is 6.25. The number of piperidine rings is 1. The third-order valence-electron chi connectivity index (χ3n) is 5.14. The molecule has 0 bridgehead atoms. The summed E-state index contributed by atoms with van der Waals surface area (Å²) in [4.78, 5) is 26.4. The molecule has 2 amide bonds. The Bertz CT molecular complexity index is 1090. The van der Waals surface area contributed by atoms with Gasteiger partial charge in [-0.05, 0) is 55.7 Å². The van der Waals surface area contributed by atoms with Gasteiger partial charge in [-0.25, -0.2) is 8.42 Å². The molecule has 1 heterocycles. The number of halogens is 1. The predicted molar refractivity (Wildman–Crippen MR) is 121 cm³/mol. The van der Waals surface area contributed by atoms with Crippen molar-refractivity contribution in [2.24, 2.45) is 0 Å². The van der Waals surface area contributed by atoms with Gasteiger partial charge >= 0.3 is 0 Å². The van der Waals surface area contributed by atoms with Crippen molar-refractivity contribution in [2.45, 2.75) is 44.0 Å². The maximum atomic E-state index is 13.1. The fourth-order valence-electron chi connectivity index (χ4n) is 3.54. The van der Waals surface area contributed by atoms with Gasteiger partial charge in [-0.3, -0.25) is 14.3 Å². The number of anilines is 1. The molecule has 1 saturated heterocycles. The average Bonchev–Trinajstić information content (AvgIpc) is 2.73. The lowest BCUT2D eigenvalue weighted by molar-refractivity contribution is -0.121. The van der Waals surface area contributed by atoms with Gasteiger partial charge in [0.05, 0.1) is 15.5 Å². The van der Waals surface area contributed by atoms with E-state index in [0.717, 1.165) is 18.4 Å². The van der Waals surface area contributed by atoms with Crippen LogP contribution in [0.5, 0.6) is 0 Å². The lowest BCUT2D eigenvalue weighted by Crippen LogP contribution is -2.49. The van der Waals surface area contributed by atoms with Crippen molar-refractivity contribution >= 4 is 39.1 Å². The standard InChI is InChI=1S/C22H26ClN3O4S/c1-3-21(27)24-17-8-5-11-26(14-17)22(28)19-13-18(9-10-20(19)23)31(29,30)25-16-7-4-6-15(2)12-16/h4,6-7,9-10,12-13,17,25H,3,5,8,11,14H2,1-2H3,(H,24,27). The van der Waals surface area contributed by atoms with Gasteiger partial charge in [0, 0.05) is 31.2 Å². The molecule has 1 aliphatic heterocycles. The van der Waals surface area contributed by atoms with Crippen LogP contribution >= 0.6 is 11.6 Å². The molecule has 166 valence electrons. The van der Waals surface area contributed by atoms with E-state index in [0.29, 0.717) is 25.2 Å². The molecule has 0 spiro atoms. The summed E-state index contributed by atoms with van der Waals surface area (Å²) in [5, 5.41) is 3.10. The molecule has 1 aliphatic rings. The smallest absolute Gasteiger partial charge is 0.261 e. The average molecular weight is 464 g/mol. The molecule has 1 atom stereocenters. The molecular weight excluding hydrogens is 438 g/mol. The fourth-order valence-corrected chi connectivity index (χ4v) is 4.81. The van der Waals surface area contributed by atoms with E-state index in [2.05, 4.69) is 10.0 Å². The zero-order valence-corrected chi connectivity index (χ0v) is 19.1. The van der Waals surface area contributed by atoms with Gasteiger partial charge in [-0.1, -0.05) is 30.7 Å². The van der Waals surface area contributed by atoms with Gasteiger partial charge in [0.2, 0.25) is 5.91 Å². The zero-order chi connectivity index (χ0) is 22.6. The molecule has 0 aromatic heterocycles. The molecule has 0 radical (unpaired) electrons. The van der Waals surface area contributed by atoms with Gasteiger partial charge < -0.3 is 10.2 Å². The number of hydrogen-bond acceptors (Lipinski definition) is 4. The lowest BCUT2D eigenvalue weighted by Gasteiger charge is -2.33. The fraction of sp³-hybridized carbons (Fsp3) is 0.364. The summed E-state index contributed by atoms with van der Waals surface area (Å²) in [6, 6.07) is 11.0. The lowest BCUT2D eigenvalue weighted by atomic mass is 10.0.